The van der Waals surface area contributed by atoms with Gasteiger partial charge >= 0.3 is 0 Å². The molecule has 3 nitrogen and oxygen atoms in total. The van der Waals surface area contributed by atoms with Crippen LogP contribution in [0.2, 0.25) is 10.3 Å². The summed E-state index contributed by atoms with van der Waals surface area (Å²) in [6.07, 6.45) is 0. The lowest BCUT2D eigenvalue weighted by atomic mass is 10.1. The van der Waals surface area contributed by atoms with E-state index in [1.54, 1.807) is 0 Å². The molecule has 0 fully saturated rings. The summed E-state index contributed by atoms with van der Waals surface area (Å²) in [5.41, 5.74) is 2.70. The van der Waals surface area contributed by atoms with Gasteiger partial charge in [-0.2, -0.15) is 0 Å². The first kappa shape index (κ1) is 14.3. The third kappa shape index (κ3) is 3.44. The Morgan fingerprint density at radius 3 is 2.42 bits per heavy atom. The Morgan fingerprint density at radius 1 is 1.16 bits per heavy atom. The smallest absolute Gasteiger partial charge is 0.157 e. The monoisotopic (exact) mass is 296 g/mol. The summed E-state index contributed by atoms with van der Waals surface area (Å²) < 4.78 is 5.25. The molecule has 1 aromatic heterocycles. The van der Waals surface area contributed by atoms with Crippen LogP contribution in [0.3, 0.4) is 0 Å². The molecule has 1 heterocycles. The molecule has 0 saturated heterocycles. The second kappa shape index (κ2) is 6.33. The van der Waals surface area contributed by atoms with Crippen LogP contribution in [0, 0.1) is 6.92 Å². The Balaban J connectivity index is 2.42. The molecule has 2 rings (SSSR count). The van der Waals surface area contributed by atoms with Crippen LogP contribution in [0.5, 0.6) is 0 Å². The second-order valence-electron chi connectivity index (χ2n) is 4.10. The first-order valence-electron chi connectivity index (χ1n) is 5.98. The lowest BCUT2D eigenvalue weighted by Crippen LogP contribution is -2.01. The highest BCUT2D eigenvalue weighted by atomic mass is 35.5. The molecular weight excluding hydrogens is 283 g/mol. The van der Waals surface area contributed by atoms with Crippen molar-refractivity contribution in [1.82, 2.24) is 9.97 Å². The molecule has 1 aromatic carbocycles. The minimum atomic E-state index is 0.310. The standard InChI is InChI=1S/C14H14Cl2N2O/c1-3-19-8-11-17-13(15)12(14(16)18-11)10-6-4-5-9(2)7-10/h4-7H,3,8H2,1-2H3. The summed E-state index contributed by atoms with van der Waals surface area (Å²) in [6.45, 7) is 4.82. The van der Waals surface area contributed by atoms with Crippen molar-refractivity contribution in [2.24, 2.45) is 0 Å². The summed E-state index contributed by atoms with van der Waals surface area (Å²) in [5, 5.41) is 0.695. The zero-order valence-corrected chi connectivity index (χ0v) is 12.3. The van der Waals surface area contributed by atoms with Gasteiger partial charge in [0.1, 0.15) is 16.9 Å². The van der Waals surface area contributed by atoms with Crippen LogP contribution in [0.25, 0.3) is 11.1 Å². The molecule has 0 N–H and O–H groups in total. The van der Waals surface area contributed by atoms with E-state index >= 15 is 0 Å². The summed E-state index contributed by atoms with van der Waals surface area (Å²) >= 11 is 12.4. The highest BCUT2D eigenvalue weighted by Gasteiger charge is 2.13. The summed E-state index contributed by atoms with van der Waals surface area (Å²) in [6, 6.07) is 7.89. The molecule has 0 aliphatic heterocycles. The third-order valence-corrected chi connectivity index (χ3v) is 3.16. The number of halogens is 2. The molecule has 5 heteroatoms. The normalized spacial score (nSPS) is 10.7. The van der Waals surface area contributed by atoms with Gasteiger partial charge in [-0.3, -0.25) is 0 Å². The minimum Gasteiger partial charge on any atom is -0.374 e. The van der Waals surface area contributed by atoms with Gasteiger partial charge in [-0.25, -0.2) is 9.97 Å². The van der Waals surface area contributed by atoms with Crippen LogP contribution in [-0.4, -0.2) is 16.6 Å². The quantitative estimate of drug-likeness (QED) is 0.789. The van der Waals surface area contributed by atoms with Gasteiger partial charge in [-0.05, 0) is 19.4 Å². The van der Waals surface area contributed by atoms with E-state index in [2.05, 4.69) is 9.97 Å². The number of rotatable bonds is 4. The van der Waals surface area contributed by atoms with Crippen LogP contribution in [0.1, 0.15) is 18.3 Å². The van der Waals surface area contributed by atoms with E-state index in [0.29, 0.717) is 34.9 Å². The molecule has 0 bridgehead atoms. The Morgan fingerprint density at radius 2 is 1.84 bits per heavy atom. The van der Waals surface area contributed by atoms with Gasteiger partial charge in [0.05, 0.1) is 5.56 Å². The van der Waals surface area contributed by atoms with E-state index in [0.717, 1.165) is 11.1 Å². The fourth-order valence-electron chi connectivity index (χ4n) is 1.75. The number of ether oxygens (including phenoxy) is 1. The number of aromatic nitrogens is 2. The van der Waals surface area contributed by atoms with Crippen LogP contribution < -0.4 is 0 Å². The molecule has 0 aliphatic carbocycles. The van der Waals surface area contributed by atoms with Gasteiger partial charge in [0.25, 0.3) is 0 Å². The number of hydrogen-bond donors (Lipinski definition) is 0. The van der Waals surface area contributed by atoms with Crippen molar-refractivity contribution < 1.29 is 4.74 Å². The van der Waals surface area contributed by atoms with Gasteiger partial charge in [0.15, 0.2) is 5.82 Å². The second-order valence-corrected chi connectivity index (χ2v) is 4.82. The molecular formula is C14H14Cl2N2O. The summed E-state index contributed by atoms with van der Waals surface area (Å²) in [4.78, 5) is 8.44. The average Bonchev–Trinajstić information content (AvgIpc) is 2.35. The molecule has 2 aromatic rings. The van der Waals surface area contributed by atoms with Crippen molar-refractivity contribution >= 4 is 23.2 Å². The first-order chi connectivity index (χ1) is 9.11. The lowest BCUT2D eigenvalue weighted by molar-refractivity contribution is 0.128. The number of benzene rings is 1. The topological polar surface area (TPSA) is 35.0 Å². The zero-order valence-electron chi connectivity index (χ0n) is 10.8. The largest absolute Gasteiger partial charge is 0.374 e. The summed E-state index contributed by atoms with van der Waals surface area (Å²) in [5.74, 6) is 0.494. The van der Waals surface area contributed by atoms with Crippen LogP contribution in [-0.2, 0) is 11.3 Å². The molecule has 100 valence electrons. The lowest BCUT2D eigenvalue weighted by Gasteiger charge is -2.09. The van der Waals surface area contributed by atoms with E-state index in [1.807, 2.05) is 38.1 Å². The van der Waals surface area contributed by atoms with Gasteiger partial charge < -0.3 is 4.74 Å². The Kier molecular flexibility index (Phi) is 4.75. The molecule has 0 saturated carbocycles. The van der Waals surface area contributed by atoms with Gasteiger partial charge in [-0.15, -0.1) is 0 Å². The van der Waals surface area contributed by atoms with Crippen molar-refractivity contribution in [2.45, 2.75) is 20.5 Å². The molecule has 0 unspecified atom stereocenters. The van der Waals surface area contributed by atoms with E-state index < -0.39 is 0 Å². The van der Waals surface area contributed by atoms with Gasteiger partial charge in [0.2, 0.25) is 0 Å². The fourth-order valence-corrected chi connectivity index (χ4v) is 2.39. The highest BCUT2D eigenvalue weighted by molar-refractivity contribution is 6.37. The van der Waals surface area contributed by atoms with E-state index in [4.69, 9.17) is 27.9 Å². The predicted octanol–water partition coefficient (Wildman–Crippen LogP) is 4.30. The Labute approximate surface area is 122 Å². The Hall–Kier alpha value is -1.16. The van der Waals surface area contributed by atoms with Crippen molar-refractivity contribution in [3.8, 4) is 11.1 Å². The molecule has 0 atom stereocenters. The van der Waals surface area contributed by atoms with E-state index in [-0.39, 0.29) is 0 Å². The molecule has 0 spiro atoms. The van der Waals surface area contributed by atoms with Crippen molar-refractivity contribution in [3.63, 3.8) is 0 Å². The number of aryl methyl sites for hydroxylation is 1. The average molecular weight is 297 g/mol. The van der Waals surface area contributed by atoms with Crippen molar-refractivity contribution in [3.05, 3.63) is 46.0 Å². The summed E-state index contributed by atoms with van der Waals surface area (Å²) in [7, 11) is 0. The molecule has 19 heavy (non-hydrogen) atoms. The SMILES string of the molecule is CCOCc1nc(Cl)c(-c2cccc(C)c2)c(Cl)n1. The Bertz CT molecular complexity index is 564. The fraction of sp³-hybridized carbons (Fsp3) is 0.286. The maximum atomic E-state index is 6.21. The number of hydrogen-bond acceptors (Lipinski definition) is 3. The van der Waals surface area contributed by atoms with Crippen LogP contribution in [0.4, 0.5) is 0 Å². The zero-order chi connectivity index (χ0) is 13.8. The van der Waals surface area contributed by atoms with Crippen molar-refractivity contribution in [2.75, 3.05) is 6.61 Å². The van der Waals surface area contributed by atoms with E-state index in [1.165, 1.54) is 0 Å². The molecule has 0 amide bonds. The predicted molar refractivity (Wildman–Crippen MR) is 77.6 cm³/mol. The van der Waals surface area contributed by atoms with E-state index in [9.17, 15) is 0 Å². The van der Waals surface area contributed by atoms with Crippen LogP contribution in [0.15, 0.2) is 24.3 Å². The maximum Gasteiger partial charge on any atom is 0.157 e. The molecule has 0 radical (unpaired) electrons. The van der Waals surface area contributed by atoms with Gasteiger partial charge in [-0.1, -0.05) is 53.0 Å². The maximum absolute atomic E-state index is 6.21. The number of nitrogens with zero attached hydrogens (tertiary/aromatic N) is 2. The highest BCUT2D eigenvalue weighted by Crippen LogP contribution is 2.32. The van der Waals surface area contributed by atoms with Crippen LogP contribution >= 0.6 is 23.2 Å². The molecule has 0 aliphatic rings. The van der Waals surface area contributed by atoms with Gasteiger partial charge in [0, 0.05) is 6.61 Å². The third-order valence-electron chi connectivity index (χ3n) is 2.61. The minimum absolute atomic E-state index is 0.310. The van der Waals surface area contributed by atoms with Crippen molar-refractivity contribution in [1.29, 1.82) is 0 Å². The first-order valence-corrected chi connectivity index (χ1v) is 6.74.